The minimum absolute atomic E-state index is 0.1000. The van der Waals surface area contributed by atoms with Gasteiger partial charge in [-0.2, -0.15) is 0 Å². The predicted octanol–water partition coefficient (Wildman–Crippen LogP) is -0.889. The van der Waals surface area contributed by atoms with Crippen LogP contribution >= 0.6 is 0 Å². The average Bonchev–Trinajstić information content (AvgIpc) is 1.50. The molecule has 0 aromatic rings. The molecular weight excluding hydrogens is 198 g/mol. The van der Waals surface area contributed by atoms with E-state index < -0.39 is 0 Å². The third-order valence-corrected chi connectivity index (χ3v) is 0. The maximum absolute atomic E-state index is 8.42. The fourth-order valence-electron chi connectivity index (χ4n) is 0. The first-order valence-corrected chi connectivity index (χ1v) is 2.69. The van der Waals surface area contributed by atoms with Crippen molar-refractivity contribution in [2.75, 3.05) is 0 Å². The Bertz CT molecular complexity index is 8.00. The van der Waals surface area contributed by atoms with Crippen LogP contribution in [0.4, 0.5) is 0 Å². The molecule has 0 atom stereocenters. The fourth-order valence-corrected chi connectivity index (χ4v) is 0. The van der Waals surface area contributed by atoms with Crippen molar-refractivity contribution in [2.45, 2.75) is 0 Å². The monoisotopic (exact) mass is 199 g/mol. The van der Waals surface area contributed by atoms with Crippen LogP contribution in [0.5, 0.6) is 0 Å². The summed E-state index contributed by atoms with van der Waals surface area (Å²) < 4.78 is 16.6. The topological polar surface area (TPSA) is 34.1 Å². The Morgan fingerprint density at radius 3 is 1.25 bits per heavy atom. The van der Waals surface area contributed by atoms with Crippen molar-refractivity contribution in [2.24, 2.45) is 0 Å². The van der Waals surface area contributed by atoms with Crippen molar-refractivity contribution in [1.29, 1.82) is 0 Å². The molecule has 0 aliphatic heterocycles. The van der Waals surface area contributed by atoms with Gasteiger partial charge in [-0.25, -0.2) is 0 Å². The van der Waals surface area contributed by atoms with Crippen LogP contribution in [0.1, 0.15) is 0 Å². The van der Waals surface area contributed by atoms with Crippen LogP contribution < -0.4 is 0 Å². The average molecular weight is 199 g/mol. The Labute approximate surface area is 48.2 Å². The molecule has 2 nitrogen and oxygen atoms in total. The summed E-state index contributed by atoms with van der Waals surface area (Å²) >= 11 is 0.963. The van der Waals surface area contributed by atoms with Gasteiger partial charge in [0.05, 0.1) is 0 Å². The second-order valence-corrected chi connectivity index (χ2v) is 0. The van der Waals surface area contributed by atoms with Gasteiger partial charge in [-0.3, -0.25) is 0 Å². The molecule has 0 saturated heterocycles. The zero-order valence-electron chi connectivity index (χ0n) is 1.97. The summed E-state index contributed by atoms with van der Waals surface area (Å²) in [5, 5.41) is 0. The van der Waals surface area contributed by atoms with E-state index in [0.717, 1.165) is 17.4 Å². The van der Waals surface area contributed by atoms with Crippen LogP contribution in [-0.2, 0) is 23.9 Å². The van der Waals surface area contributed by atoms with E-state index in [1.807, 2.05) is 0 Å². The van der Waals surface area contributed by atoms with Crippen molar-refractivity contribution < 1.29 is 23.9 Å². The zero-order valence-corrected chi connectivity index (χ0v) is 7.40. The standard InChI is InChI=1S/In.2O.V.H. The second kappa shape index (κ2) is 34.0. The molecule has 0 N–H and O–H groups in total. The predicted molar refractivity (Wildman–Crippen MR) is 8.52 cm³/mol. The van der Waals surface area contributed by atoms with Crippen LogP contribution in [0.15, 0.2) is 0 Å². The zero-order chi connectivity index (χ0) is 4.00. The first-order valence-electron chi connectivity index (χ1n) is 0.471. The minimum atomic E-state index is -0.1000. The molecule has 0 rings (SSSR count). The van der Waals surface area contributed by atoms with Crippen molar-refractivity contribution in [3.63, 3.8) is 0 Å². The van der Waals surface area contributed by atoms with E-state index in [9.17, 15) is 0 Å². The SMILES string of the molecule is [O]=[InH].[O]=[V]. The normalized spacial score (nSPS) is 1.50. The number of rotatable bonds is 0. The van der Waals surface area contributed by atoms with Crippen molar-refractivity contribution in [1.82, 2.24) is 0 Å². The van der Waals surface area contributed by atoms with Crippen molar-refractivity contribution >= 4 is 24.4 Å². The van der Waals surface area contributed by atoms with Gasteiger partial charge in [0.25, 0.3) is 0 Å². The van der Waals surface area contributed by atoms with Crippen LogP contribution in [0, 0.1) is 0 Å². The molecule has 0 radical (unpaired) electrons. The molecule has 0 aliphatic carbocycles. The molecule has 0 aliphatic rings. The fraction of sp³-hybridized carbons (Fsp3) is 0. The van der Waals surface area contributed by atoms with Crippen molar-refractivity contribution in [3.05, 3.63) is 0 Å². The van der Waals surface area contributed by atoms with Crippen LogP contribution in [0.2, 0.25) is 0 Å². The molecule has 4 heavy (non-hydrogen) atoms. The van der Waals surface area contributed by atoms with E-state index in [2.05, 4.69) is 0 Å². The third kappa shape index (κ3) is 11.6. The van der Waals surface area contributed by atoms with Gasteiger partial charge < -0.3 is 0 Å². The molecule has 0 fully saturated rings. The molecule has 0 saturated carbocycles. The third-order valence-electron chi connectivity index (χ3n) is 0. The van der Waals surface area contributed by atoms with E-state index >= 15 is 0 Å². The van der Waals surface area contributed by atoms with E-state index in [0.29, 0.717) is 0 Å². The van der Waals surface area contributed by atoms with E-state index in [4.69, 9.17) is 6.53 Å². The Morgan fingerprint density at radius 2 is 1.25 bits per heavy atom. The van der Waals surface area contributed by atoms with Crippen LogP contribution in [0.25, 0.3) is 0 Å². The Kier molecular flexibility index (Phi) is 75.7. The summed E-state index contributed by atoms with van der Waals surface area (Å²) in [5.74, 6) is 0. The van der Waals surface area contributed by atoms with Crippen LogP contribution in [-0.4, -0.2) is 24.4 Å². The summed E-state index contributed by atoms with van der Waals surface area (Å²) in [6.45, 7) is 0. The number of hydrogen-bond donors (Lipinski definition) is 0. The molecule has 21 valence electrons. The molecule has 0 heterocycles. The molecule has 0 aromatic heterocycles. The molecule has 0 amide bonds. The maximum atomic E-state index is 8.42. The Hall–Kier alpha value is 1.05. The van der Waals surface area contributed by atoms with E-state index in [1.165, 1.54) is 0 Å². The summed E-state index contributed by atoms with van der Waals surface area (Å²) in [6, 6.07) is 0. The van der Waals surface area contributed by atoms with Crippen LogP contribution in [0.3, 0.4) is 0 Å². The number of hydrogen-bond acceptors (Lipinski definition) is 2. The summed E-state index contributed by atoms with van der Waals surface area (Å²) in [4.78, 5) is 0. The first kappa shape index (κ1) is 8.91. The molecule has 4 heteroatoms. The summed E-state index contributed by atoms with van der Waals surface area (Å²) in [7, 11) is 0. The van der Waals surface area contributed by atoms with E-state index in [-0.39, 0.29) is 24.4 Å². The molecular formula is HInO2V. The van der Waals surface area contributed by atoms with Gasteiger partial charge in [-0.15, -0.1) is 0 Å². The first-order chi connectivity index (χ1) is 2.00. The van der Waals surface area contributed by atoms with Crippen molar-refractivity contribution in [3.8, 4) is 0 Å². The Balaban J connectivity index is 0. The quantitative estimate of drug-likeness (QED) is 0.507. The molecule has 0 spiro atoms. The van der Waals surface area contributed by atoms with Gasteiger partial charge in [0.2, 0.25) is 0 Å². The van der Waals surface area contributed by atoms with Gasteiger partial charge >= 0.3 is 48.3 Å². The van der Waals surface area contributed by atoms with Gasteiger partial charge in [0.15, 0.2) is 0 Å². The molecule has 0 unspecified atom stereocenters. The molecule has 0 aromatic carbocycles. The van der Waals surface area contributed by atoms with Gasteiger partial charge in [0, 0.05) is 0 Å². The van der Waals surface area contributed by atoms with Gasteiger partial charge in [0.1, 0.15) is 0 Å². The molecule has 0 bridgehead atoms. The van der Waals surface area contributed by atoms with E-state index in [1.54, 1.807) is 0 Å². The Morgan fingerprint density at radius 1 is 1.25 bits per heavy atom. The van der Waals surface area contributed by atoms with Gasteiger partial charge in [-0.1, -0.05) is 0 Å². The second-order valence-electron chi connectivity index (χ2n) is 0. The summed E-state index contributed by atoms with van der Waals surface area (Å²) in [5.41, 5.74) is 0. The summed E-state index contributed by atoms with van der Waals surface area (Å²) in [6.07, 6.45) is 0. The van der Waals surface area contributed by atoms with Gasteiger partial charge in [-0.05, 0) is 0 Å².